The number of aryl methyl sites for hydroxylation is 1. The van der Waals surface area contributed by atoms with E-state index in [2.05, 4.69) is 5.10 Å². The molecule has 0 saturated heterocycles. The van der Waals surface area contributed by atoms with Gasteiger partial charge in [-0.3, -0.25) is 4.68 Å². The van der Waals surface area contributed by atoms with E-state index >= 15 is 0 Å². The normalized spacial score (nSPS) is 11.2. The molecule has 0 aliphatic rings. The average Bonchev–Trinajstić information content (AvgIpc) is 2.86. The van der Waals surface area contributed by atoms with Crippen LogP contribution in [-0.4, -0.2) is 20.9 Å². The molecular formula is C16H18N2O3. The van der Waals surface area contributed by atoms with Crippen LogP contribution in [-0.2, 0) is 4.79 Å². The zero-order chi connectivity index (χ0) is 15.4. The van der Waals surface area contributed by atoms with Gasteiger partial charge < -0.3 is 9.84 Å². The maximum absolute atomic E-state index is 10.5. The number of ether oxygens (including phenoxy) is 1. The highest BCUT2D eigenvalue weighted by Crippen LogP contribution is 2.24. The van der Waals surface area contributed by atoms with Crippen molar-refractivity contribution in [2.45, 2.75) is 26.8 Å². The summed E-state index contributed by atoms with van der Waals surface area (Å²) < 4.78 is 7.57. The molecule has 0 aliphatic heterocycles. The number of nitrogens with zero attached hydrogens (tertiary/aromatic N) is 2. The molecule has 5 heteroatoms. The Labute approximate surface area is 123 Å². The van der Waals surface area contributed by atoms with Crippen LogP contribution in [0.1, 0.15) is 31.0 Å². The molecule has 2 aromatic rings. The molecule has 0 unspecified atom stereocenters. The van der Waals surface area contributed by atoms with Crippen LogP contribution in [0.25, 0.3) is 6.08 Å². The molecule has 0 spiro atoms. The van der Waals surface area contributed by atoms with Crippen molar-refractivity contribution >= 4 is 12.0 Å². The van der Waals surface area contributed by atoms with Gasteiger partial charge in [0, 0.05) is 12.1 Å². The van der Waals surface area contributed by atoms with Gasteiger partial charge in [-0.2, -0.15) is 5.10 Å². The molecule has 110 valence electrons. The van der Waals surface area contributed by atoms with Crippen molar-refractivity contribution in [2.24, 2.45) is 0 Å². The van der Waals surface area contributed by atoms with Gasteiger partial charge in [0.05, 0.1) is 12.4 Å². The minimum absolute atomic E-state index is 0.285. The Morgan fingerprint density at radius 2 is 2.14 bits per heavy atom. The highest BCUT2D eigenvalue weighted by atomic mass is 16.5. The molecule has 0 bridgehead atoms. The minimum atomic E-state index is -0.962. The summed E-state index contributed by atoms with van der Waals surface area (Å²) in [4.78, 5) is 10.5. The molecule has 21 heavy (non-hydrogen) atoms. The molecular weight excluding hydrogens is 268 g/mol. The standard InChI is InChI=1S/C16H18N2O3/c1-11(2)18-10-15(9-17-18)21-14-6-4-13(12(3)8-14)5-7-16(19)20/h4-11H,1-3H3,(H,19,20)/b7-5+. The second-order valence-corrected chi connectivity index (χ2v) is 5.04. The summed E-state index contributed by atoms with van der Waals surface area (Å²) in [5, 5.41) is 12.9. The summed E-state index contributed by atoms with van der Waals surface area (Å²) in [5.74, 6) is 0.413. The van der Waals surface area contributed by atoms with E-state index < -0.39 is 5.97 Å². The Balaban J connectivity index is 2.14. The first kappa shape index (κ1) is 14.8. The fraction of sp³-hybridized carbons (Fsp3) is 0.250. The van der Waals surface area contributed by atoms with Crippen molar-refractivity contribution in [3.8, 4) is 11.5 Å². The number of hydrogen-bond acceptors (Lipinski definition) is 3. The molecule has 1 aromatic heterocycles. The molecule has 0 atom stereocenters. The average molecular weight is 286 g/mol. The molecule has 1 aromatic carbocycles. The van der Waals surface area contributed by atoms with Gasteiger partial charge >= 0.3 is 5.97 Å². The summed E-state index contributed by atoms with van der Waals surface area (Å²) >= 11 is 0. The first-order valence-corrected chi connectivity index (χ1v) is 6.69. The molecule has 1 heterocycles. The highest BCUT2D eigenvalue weighted by molar-refractivity contribution is 5.85. The van der Waals surface area contributed by atoms with E-state index in [0.717, 1.165) is 17.2 Å². The molecule has 0 saturated carbocycles. The number of carbonyl (C=O) groups is 1. The maximum atomic E-state index is 10.5. The monoisotopic (exact) mass is 286 g/mol. The number of aliphatic carboxylic acids is 1. The topological polar surface area (TPSA) is 64.4 Å². The Morgan fingerprint density at radius 3 is 2.71 bits per heavy atom. The quantitative estimate of drug-likeness (QED) is 0.852. The number of carboxylic acid groups (broad SMARTS) is 1. The summed E-state index contributed by atoms with van der Waals surface area (Å²) in [6, 6.07) is 5.79. The van der Waals surface area contributed by atoms with Gasteiger partial charge in [-0.05, 0) is 50.1 Å². The number of benzene rings is 1. The summed E-state index contributed by atoms with van der Waals surface area (Å²) in [7, 11) is 0. The van der Waals surface area contributed by atoms with Crippen molar-refractivity contribution in [1.82, 2.24) is 9.78 Å². The highest BCUT2D eigenvalue weighted by Gasteiger charge is 2.05. The van der Waals surface area contributed by atoms with Crippen LogP contribution in [0.15, 0.2) is 36.7 Å². The zero-order valence-electron chi connectivity index (χ0n) is 12.3. The van der Waals surface area contributed by atoms with Gasteiger partial charge in [-0.1, -0.05) is 6.07 Å². The van der Waals surface area contributed by atoms with Crippen LogP contribution in [0.4, 0.5) is 0 Å². The van der Waals surface area contributed by atoms with E-state index in [9.17, 15) is 4.79 Å². The lowest BCUT2D eigenvalue weighted by Gasteiger charge is -2.06. The first-order chi connectivity index (χ1) is 9.95. The Hall–Kier alpha value is -2.56. The van der Waals surface area contributed by atoms with Crippen LogP contribution >= 0.6 is 0 Å². The Morgan fingerprint density at radius 1 is 1.38 bits per heavy atom. The maximum Gasteiger partial charge on any atom is 0.328 e. The predicted octanol–water partition coefficient (Wildman–Crippen LogP) is 3.66. The number of aromatic nitrogens is 2. The molecule has 0 fully saturated rings. The van der Waals surface area contributed by atoms with Crippen molar-refractivity contribution in [2.75, 3.05) is 0 Å². The fourth-order valence-electron chi connectivity index (χ4n) is 1.85. The molecule has 1 N–H and O–H groups in total. The second-order valence-electron chi connectivity index (χ2n) is 5.04. The molecule has 0 radical (unpaired) electrons. The second kappa shape index (κ2) is 6.26. The van der Waals surface area contributed by atoms with E-state index in [1.807, 2.05) is 43.8 Å². The first-order valence-electron chi connectivity index (χ1n) is 6.69. The van der Waals surface area contributed by atoms with Gasteiger partial charge in [0.25, 0.3) is 0 Å². The van der Waals surface area contributed by atoms with E-state index in [1.165, 1.54) is 0 Å². The summed E-state index contributed by atoms with van der Waals surface area (Å²) in [5.41, 5.74) is 1.80. The lowest BCUT2D eigenvalue weighted by atomic mass is 10.1. The molecule has 2 rings (SSSR count). The van der Waals surface area contributed by atoms with Gasteiger partial charge in [0.1, 0.15) is 5.75 Å². The minimum Gasteiger partial charge on any atom is -0.478 e. The lowest BCUT2D eigenvalue weighted by Crippen LogP contribution is -1.99. The van der Waals surface area contributed by atoms with Crippen molar-refractivity contribution in [1.29, 1.82) is 0 Å². The SMILES string of the molecule is Cc1cc(Oc2cnn(C(C)C)c2)ccc1/C=C/C(=O)O. The van der Waals surface area contributed by atoms with Crippen LogP contribution in [0.2, 0.25) is 0 Å². The zero-order valence-corrected chi connectivity index (χ0v) is 12.3. The number of hydrogen-bond donors (Lipinski definition) is 1. The van der Waals surface area contributed by atoms with Gasteiger partial charge in [-0.15, -0.1) is 0 Å². The third-order valence-electron chi connectivity index (χ3n) is 2.99. The Bertz CT molecular complexity index is 672. The van der Waals surface area contributed by atoms with E-state index in [-0.39, 0.29) is 6.04 Å². The smallest absolute Gasteiger partial charge is 0.328 e. The van der Waals surface area contributed by atoms with Gasteiger partial charge in [0.2, 0.25) is 0 Å². The van der Waals surface area contributed by atoms with Crippen molar-refractivity contribution < 1.29 is 14.6 Å². The van der Waals surface area contributed by atoms with E-state index in [4.69, 9.17) is 9.84 Å². The van der Waals surface area contributed by atoms with Crippen molar-refractivity contribution in [3.63, 3.8) is 0 Å². The van der Waals surface area contributed by atoms with Crippen LogP contribution < -0.4 is 4.74 Å². The molecule has 5 nitrogen and oxygen atoms in total. The third-order valence-corrected chi connectivity index (χ3v) is 2.99. The van der Waals surface area contributed by atoms with Crippen LogP contribution in [0.3, 0.4) is 0 Å². The van der Waals surface area contributed by atoms with Gasteiger partial charge in [-0.25, -0.2) is 4.79 Å². The molecule has 0 amide bonds. The fourth-order valence-corrected chi connectivity index (χ4v) is 1.85. The van der Waals surface area contributed by atoms with Gasteiger partial charge in [0.15, 0.2) is 5.75 Å². The summed E-state index contributed by atoms with van der Waals surface area (Å²) in [6.45, 7) is 6.00. The largest absolute Gasteiger partial charge is 0.478 e. The lowest BCUT2D eigenvalue weighted by molar-refractivity contribution is -0.131. The number of carboxylic acids is 1. The summed E-state index contributed by atoms with van der Waals surface area (Å²) in [6.07, 6.45) is 6.21. The van der Waals surface area contributed by atoms with Crippen LogP contribution in [0, 0.1) is 6.92 Å². The number of rotatable bonds is 5. The third kappa shape index (κ3) is 3.95. The van der Waals surface area contributed by atoms with Crippen molar-refractivity contribution in [3.05, 3.63) is 47.8 Å². The van der Waals surface area contributed by atoms with Crippen LogP contribution in [0.5, 0.6) is 11.5 Å². The predicted molar refractivity (Wildman–Crippen MR) is 80.5 cm³/mol. The Kier molecular flexibility index (Phi) is 4.42. The molecule has 0 aliphatic carbocycles. The van der Waals surface area contributed by atoms with E-state index in [1.54, 1.807) is 18.3 Å². The van der Waals surface area contributed by atoms with E-state index in [0.29, 0.717) is 11.5 Å².